The van der Waals surface area contributed by atoms with Gasteiger partial charge in [0.2, 0.25) is 0 Å². The SMILES string of the molecule is CCC(C)NCc1cc(Cl)c(OCc2ccc(Cl)cc2)c(OC)c1.Cl. The molecule has 6 heteroatoms. The highest BCUT2D eigenvalue weighted by molar-refractivity contribution is 6.32. The molecule has 0 bridgehead atoms. The molecule has 138 valence electrons. The summed E-state index contributed by atoms with van der Waals surface area (Å²) < 4.78 is 11.3. The fraction of sp³-hybridized carbons (Fsp3) is 0.368. The third-order valence-electron chi connectivity index (χ3n) is 3.85. The normalized spacial score (nSPS) is 11.6. The fourth-order valence-electron chi connectivity index (χ4n) is 2.19. The summed E-state index contributed by atoms with van der Waals surface area (Å²) in [6.07, 6.45) is 1.08. The Kier molecular flexibility index (Phi) is 9.44. The van der Waals surface area contributed by atoms with E-state index in [9.17, 15) is 0 Å². The zero-order valence-corrected chi connectivity index (χ0v) is 17.0. The highest BCUT2D eigenvalue weighted by Crippen LogP contribution is 2.37. The van der Waals surface area contributed by atoms with Crippen LogP contribution in [0.15, 0.2) is 36.4 Å². The number of nitrogens with one attached hydrogen (secondary N) is 1. The predicted molar refractivity (Wildman–Crippen MR) is 108 cm³/mol. The molecule has 25 heavy (non-hydrogen) atoms. The topological polar surface area (TPSA) is 30.5 Å². The van der Waals surface area contributed by atoms with Gasteiger partial charge in [0.05, 0.1) is 12.1 Å². The standard InChI is InChI=1S/C19H23Cl2NO2.ClH/c1-4-13(2)22-11-15-9-17(21)19(18(10-15)23-3)24-12-14-5-7-16(20)8-6-14;/h5-10,13,22H,4,11-12H2,1-3H3;1H. The second kappa shape index (κ2) is 10.8. The monoisotopic (exact) mass is 403 g/mol. The Morgan fingerprint density at radius 1 is 1.08 bits per heavy atom. The van der Waals surface area contributed by atoms with Crippen molar-refractivity contribution in [2.75, 3.05) is 7.11 Å². The van der Waals surface area contributed by atoms with Crippen LogP contribution in [-0.2, 0) is 13.2 Å². The third-order valence-corrected chi connectivity index (χ3v) is 4.39. The van der Waals surface area contributed by atoms with Crippen LogP contribution in [0.2, 0.25) is 10.0 Å². The molecule has 1 unspecified atom stereocenters. The van der Waals surface area contributed by atoms with Crippen LogP contribution in [0.25, 0.3) is 0 Å². The Balaban J connectivity index is 0.00000312. The molecule has 1 atom stereocenters. The molecule has 0 saturated carbocycles. The van der Waals surface area contributed by atoms with Crippen LogP contribution in [0.1, 0.15) is 31.4 Å². The summed E-state index contributed by atoms with van der Waals surface area (Å²) >= 11 is 12.3. The van der Waals surface area contributed by atoms with Crippen molar-refractivity contribution in [3.8, 4) is 11.5 Å². The average molecular weight is 405 g/mol. The van der Waals surface area contributed by atoms with Crippen LogP contribution in [0.3, 0.4) is 0 Å². The minimum absolute atomic E-state index is 0. The van der Waals surface area contributed by atoms with E-state index in [0.29, 0.717) is 34.2 Å². The van der Waals surface area contributed by atoms with Gasteiger partial charge in [-0.15, -0.1) is 12.4 Å². The van der Waals surface area contributed by atoms with Gasteiger partial charge in [0, 0.05) is 17.6 Å². The molecule has 3 nitrogen and oxygen atoms in total. The maximum absolute atomic E-state index is 6.40. The van der Waals surface area contributed by atoms with Crippen LogP contribution in [0.5, 0.6) is 11.5 Å². The summed E-state index contributed by atoms with van der Waals surface area (Å²) in [6, 6.07) is 11.8. The smallest absolute Gasteiger partial charge is 0.180 e. The molecule has 2 rings (SSSR count). The zero-order chi connectivity index (χ0) is 17.5. The highest BCUT2D eigenvalue weighted by Gasteiger charge is 2.13. The molecule has 0 saturated heterocycles. The summed E-state index contributed by atoms with van der Waals surface area (Å²) in [5.41, 5.74) is 2.08. The maximum atomic E-state index is 6.40. The number of benzene rings is 2. The molecule has 0 aliphatic heterocycles. The van der Waals surface area contributed by atoms with Crippen LogP contribution in [-0.4, -0.2) is 13.2 Å². The number of rotatable bonds is 8. The van der Waals surface area contributed by atoms with Crippen molar-refractivity contribution in [1.29, 1.82) is 0 Å². The van der Waals surface area contributed by atoms with Gasteiger partial charge in [-0.25, -0.2) is 0 Å². The molecule has 0 aliphatic rings. The lowest BCUT2D eigenvalue weighted by Crippen LogP contribution is -2.24. The van der Waals surface area contributed by atoms with E-state index < -0.39 is 0 Å². The highest BCUT2D eigenvalue weighted by atomic mass is 35.5. The van der Waals surface area contributed by atoms with E-state index >= 15 is 0 Å². The molecule has 1 N–H and O–H groups in total. The van der Waals surface area contributed by atoms with Gasteiger partial charge in [0.1, 0.15) is 6.61 Å². The Morgan fingerprint density at radius 2 is 1.76 bits per heavy atom. The summed E-state index contributed by atoms with van der Waals surface area (Å²) in [5, 5.41) is 4.69. The Bertz CT molecular complexity index is 662. The number of hydrogen-bond donors (Lipinski definition) is 1. The molecule has 2 aromatic carbocycles. The lowest BCUT2D eigenvalue weighted by molar-refractivity contribution is 0.284. The van der Waals surface area contributed by atoms with Gasteiger partial charge >= 0.3 is 0 Å². The van der Waals surface area contributed by atoms with Crippen molar-refractivity contribution >= 4 is 35.6 Å². The number of ether oxygens (including phenoxy) is 2. The molecule has 0 aromatic heterocycles. The molecule has 0 spiro atoms. The fourth-order valence-corrected chi connectivity index (χ4v) is 2.60. The molecule has 0 amide bonds. The Hall–Kier alpha value is -1.13. The quantitative estimate of drug-likeness (QED) is 0.595. The van der Waals surface area contributed by atoms with E-state index in [1.54, 1.807) is 7.11 Å². The van der Waals surface area contributed by atoms with E-state index in [-0.39, 0.29) is 12.4 Å². The van der Waals surface area contributed by atoms with Gasteiger partial charge < -0.3 is 14.8 Å². The lowest BCUT2D eigenvalue weighted by Gasteiger charge is -2.16. The summed E-state index contributed by atoms with van der Waals surface area (Å²) in [5.74, 6) is 1.19. The first kappa shape index (κ1) is 21.9. The lowest BCUT2D eigenvalue weighted by atomic mass is 10.1. The van der Waals surface area contributed by atoms with Crippen molar-refractivity contribution < 1.29 is 9.47 Å². The predicted octanol–water partition coefficient (Wildman–Crippen LogP) is 5.89. The molecular weight excluding hydrogens is 381 g/mol. The van der Waals surface area contributed by atoms with Crippen LogP contribution < -0.4 is 14.8 Å². The molecular formula is C19H24Cl3NO2. The van der Waals surface area contributed by atoms with Crippen molar-refractivity contribution in [3.63, 3.8) is 0 Å². The minimum atomic E-state index is 0. The van der Waals surface area contributed by atoms with Crippen molar-refractivity contribution in [2.45, 2.75) is 39.5 Å². The second-order valence-electron chi connectivity index (χ2n) is 5.71. The maximum Gasteiger partial charge on any atom is 0.180 e. The van der Waals surface area contributed by atoms with Gasteiger partial charge in [-0.2, -0.15) is 0 Å². The minimum Gasteiger partial charge on any atom is -0.493 e. The summed E-state index contributed by atoms with van der Waals surface area (Å²) in [6.45, 7) is 5.45. The largest absolute Gasteiger partial charge is 0.493 e. The van der Waals surface area contributed by atoms with Gasteiger partial charge in [-0.05, 0) is 48.7 Å². The molecule has 0 heterocycles. The summed E-state index contributed by atoms with van der Waals surface area (Å²) in [4.78, 5) is 0. The third kappa shape index (κ3) is 6.59. The van der Waals surface area contributed by atoms with E-state index in [2.05, 4.69) is 19.2 Å². The van der Waals surface area contributed by atoms with Crippen molar-refractivity contribution in [3.05, 3.63) is 57.6 Å². The molecule has 0 aliphatic carbocycles. The number of halogens is 3. The molecule has 0 radical (unpaired) electrons. The van der Waals surface area contributed by atoms with Gasteiger partial charge in [0.15, 0.2) is 11.5 Å². The molecule has 0 fully saturated rings. The van der Waals surface area contributed by atoms with Crippen LogP contribution in [0, 0.1) is 0 Å². The Morgan fingerprint density at radius 3 is 2.36 bits per heavy atom. The first-order valence-corrected chi connectivity index (χ1v) is 8.76. The molecule has 2 aromatic rings. The van der Waals surface area contributed by atoms with Gasteiger partial charge in [0.25, 0.3) is 0 Å². The van der Waals surface area contributed by atoms with Crippen LogP contribution >= 0.6 is 35.6 Å². The second-order valence-corrected chi connectivity index (χ2v) is 6.56. The van der Waals surface area contributed by atoms with Gasteiger partial charge in [-0.1, -0.05) is 42.3 Å². The van der Waals surface area contributed by atoms with Crippen molar-refractivity contribution in [2.24, 2.45) is 0 Å². The first-order chi connectivity index (χ1) is 11.5. The van der Waals surface area contributed by atoms with Gasteiger partial charge in [-0.3, -0.25) is 0 Å². The number of hydrogen-bond acceptors (Lipinski definition) is 3. The van der Waals surface area contributed by atoms with E-state index in [4.69, 9.17) is 32.7 Å². The van der Waals surface area contributed by atoms with Crippen LogP contribution in [0.4, 0.5) is 0 Å². The Labute approximate surface area is 166 Å². The number of methoxy groups -OCH3 is 1. The average Bonchev–Trinajstić information content (AvgIpc) is 2.59. The first-order valence-electron chi connectivity index (χ1n) is 8.00. The van der Waals surface area contributed by atoms with E-state index in [1.807, 2.05) is 36.4 Å². The van der Waals surface area contributed by atoms with Crippen molar-refractivity contribution in [1.82, 2.24) is 5.32 Å². The summed E-state index contributed by atoms with van der Waals surface area (Å²) in [7, 11) is 1.62. The van der Waals surface area contributed by atoms with E-state index in [0.717, 1.165) is 24.1 Å². The van der Waals surface area contributed by atoms with E-state index in [1.165, 1.54) is 0 Å². The zero-order valence-electron chi connectivity index (χ0n) is 14.6.